The number of carbonyl (C=O) groups is 2. The van der Waals surface area contributed by atoms with E-state index in [1.54, 1.807) is 6.07 Å². The van der Waals surface area contributed by atoms with Crippen molar-refractivity contribution in [2.45, 2.75) is 26.6 Å². The number of nitriles is 1. The lowest BCUT2D eigenvalue weighted by molar-refractivity contribution is -0.222. The highest BCUT2D eigenvalue weighted by atomic mass is 127. The van der Waals surface area contributed by atoms with Gasteiger partial charge in [0.05, 0.1) is 17.3 Å². The number of benzene rings is 1. The zero-order valence-corrected chi connectivity index (χ0v) is 16.8. The second-order valence-corrected chi connectivity index (χ2v) is 7.45. The zero-order valence-electron chi connectivity index (χ0n) is 12.5. The van der Waals surface area contributed by atoms with Gasteiger partial charge in [0, 0.05) is 27.2 Å². The highest BCUT2D eigenvalue weighted by Gasteiger charge is 2.39. The van der Waals surface area contributed by atoms with Gasteiger partial charge in [-0.3, -0.25) is 0 Å². The van der Waals surface area contributed by atoms with Gasteiger partial charge in [0.2, 0.25) is 0 Å². The predicted molar refractivity (Wildman–Crippen MR) is 99.3 cm³/mol. The molecule has 1 N–H and O–H groups in total. The van der Waals surface area contributed by atoms with Gasteiger partial charge in [0.1, 0.15) is 0 Å². The highest BCUT2D eigenvalue weighted by Crippen LogP contribution is 2.31. The van der Waals surface area contributed by atoms with E-state index in [0.717, 1.165) is 12.7 Å². The molecule has 0 atom stereocenters. The van der Waals surface area contributed by atoms with E-state index in [2.05, 4.69) is 56.6 Å². The molecule has 0 bridgehead atoms. The van der Waals surface area contributed by atoms with Crippen molar-refractivity contribution in [2.24, 2.45) is 0 Å². The fourth-order valence-electron chi connectivity index (χ4n) is 1.89. The average Bonchev–Trinajstić information content (AvgIpc) is 2.43. The molecule has 0 radical (unpaired) electrons. The first kappa shape index (κ1) is 18.0. The third-order valence-electron chi connectivity index (χ3n) is 3.06. The van der Waals surface area contributed by atoms with Gasteiger partial charge in [-0.25, -0.2) is 9.59 Å². The van der Waals surface area contributed by atoms with E-state index >= 15 is 0 Å². The number of nitrogens with zero attached hydrogens (tertiary/aromatic N) is 1. The number of ether oxygens (including phenoxy) is 2. The fourth-order valence-corrected chi connectivity index (χ4v) is 3.88. The summed E-state index contributed by atoms with van der Waals surface area (Å²) in [7, 11) is 0. The van der Waals surface area contributed by atoms with E-state index in [1.807, 2.05) is 6.92 Å². The lowest BCUT2D eigenvalue weighted by atomic mass is 10.1. The van der Waals surface area contributed by atoms with Crippen molar-refractivity contribution in [1.29, 1.82) is 5.26 Å². The maximum Gasteiger partial charge on any atom is 0.350 e. The summed E-state index contributed by atoms with van der Waals surface area (Å²) in [5.41, 5.74) is 1.90. The number of rotatable bonds is 2. The van der Waals surface area contributed by atoms with Crippen LogP contribution in [0.15, 0.2) is 17.8 Å². The highest BCUT2D eigenvalue weighted by molar-refractivity contribution is 14.1. The van der Waals surface area contributed by atoms with Crippen LogP contribution in [0.4, 0.5) is 5.69 Å². The van der Waals surface area contributed by atoms with Crippen LogP contribution in [-0.4, -0.2) is 17.7 Å². The Hall–Kier alpha value is -1.35. The number of hydrogen-bond donors (Lipinski definition) is 1. The van der Waals surface area contributed by atoms with E-state index in [0.29, 0.717) is 11.3 Å². The number of anilines is 1. The summed E-state index contributed by atoms with van der Waals surface area (Å²) in [5.74, 6) is -2.75. The predicted octanol–water partition coefficient (Wildman–Crippen LogP) is 3.21. The summed E-state index contributed by atoms with van der Waals surface area (Å²) in [4.78, 5) is 23.8. The molecule has 1 aliphatic rings. The number of cyclic esters (lactones) is 2. The molecular weight excluding hydrogens is 526 g/mol. The number of esters is 2. The lowest BCUT2D eigenvalue weighted by Crippen LogP contribution is -2.42. The van der Waals surface area contributed by atoms with Gasteiger partial charge in [-0.05, 0) is 63.7 Å². The molecule has 0 amide bonds. The molecule has 0 aromatic heterocycles. The van der Waals surface area contributed by atoms with Crippen molar-refractivity contribution in [3.8, 4) is 6.07 Å². The number of hydrogen-bond acceptors (Lipinski definition) is 6. The van der Waals surface area contributed by atoms with Crippen molar-refractivity contribution >= 4 is 62.8 Å². The van der Waals surface area contributed by atoms with Gasteiger partial charge in [0.25, 0.3) is 5.79 Å². The third kappa shape index (κ3) is 3.77. The molecule has 1 fully saturated rings. The lowest BCUT2D eigenvalue weighted by Gasteiger charge is -2.29. The summed E-state index contributed by atoms with van der Waals surface area (Å²) in [5, 5.41) is 12.0. The maximum absolute atomic E-state index is 11.9. The summed E-state index contributed by atoms with van der Waals surface area (Å²) in [6.45, 7) is 4.81. The van der Waals surface area contributed by atoms with Crippen molar-refractivity contribution < 1.29 is 19.1 Å². The molecule has 2 rings (SSSR count). The van der Waals surface area contributed by atoms with Crippen LogP contribution < -0.4 is 5.32 Å². The van der Waals surface area contributed by atoms with Gasteiger partial charge < -0.3 is 14.8 Å². The minimum absolute atomic E-state index is 0.210. The van der Waals surface area contributed by atoms with E-state index in [-0.39, 0.29) is 5.57 Å². The smallest absolute Gasteiger partial charge is 0.350 e. The van der Waals surface area contributed by atoms with Crippen molar-refractivity contribution in [1.82, 2.24) is 0 Å². The van der Waals surface area contributed by atoms with Gasteiger partial charge in [-0.1, -0.05) is 0 Å². The Morgan fingerprint density at radius 1 is 1.26 bits per heavy atom. The van der Waals surface area contributed by atoms with Gasteiger partial charge in [0.15, 0.2) is 5.57 Å². The molecule has 1 heterocycles. The molecule has 0 spiro atoms. The molecule has 1 aromatic rings. The summed E-state index contributed by atoms with van der Waals surface area (Å²) >= 11 is 4.19. The molecule has 23 heavy (non-hydrogen) atoms. The Morgan fingerprint density at radius 3 is 2.35 bits per heavy atom. The van der Waals surface area contributed by atoms with Crippen LogP contribution in [0.2, 0.25) is 0 Å². The Morgan fingerprint density at radius 2 is 1.83 bits per heavy atom. The molecule has 1 aliphatic heterocycles. The van der Waals surface area contributed by atoms with Crippen molar-refractivity contribution in [3.05, 3.63) is 36.1 Å². The molecule has 0 unspecified atom stereocenters. The molecule has 1 aromatic carbocycles. The minimum Gasteiger partial charge on any atom is -0.419 e. The van der Waals surface area contributed by atoms with E-state index < -0.39 is 17.7 Å². The molecule has 6 nitrogen and oxygen atoms in total. The van der Waals surface area contributed by atoms with Crippen LogP contribution in [-0.2, 0) is 19.1 Å². The van der Waals surface area contributed by atoms with Crippen molar-refractivity contribution in [3.63, 3.8) is 0 Å². The van der Waals surface area contributed by atoms with Crippen molar-refractivity contribution in [2.75, 3.05) is 5.32 Å². The molecule has 120 valence electrons. The Kier molecular flexibility index (Phi) is 5.20. The van der Waals surface area contributed by atoms with Crippen LogP contribution in [0.1, 0.15) is 25.0 Å². The second kappa shape index (κ2) is 6.64. The standard InChI is InChI=1S/C15H12I2N2O4/c1-7-8(5-18)4-10(16)12(11(7)17)19-6-9-13(20)22-15(2,3)23-14(9)21/h4,6,19H,1-3H3. The van der Waals surface area contributed by atoms with Crippen LogP contribution in [0.3, 0.4) is 0 Å². The molecule has 0 aliphatic carbocycles. The zero-order chi connectivity index (χ0) is 17.4. The number of halogens is 2. The Bertz CT molecular complexity index is 757. The molecule has 1 saturated heterocycles. The van der Waals surface area contributed by atoms with E-state index in [1.165, 1.54) is 20.0 Å². The summed E-state index contributed by atoms with van der Waals surface area (Å²) in [6, 6.07) is 3.87. The monoisotopic (exact) mass is 538 g/mol. The second-order valence-electron chi connectivity index (χ2n) is 5.21. The first-order valence-electron chi connectivity index (χ1n) is 6.48. The largest absolute Gasteiger partial charge is 0.419 e. The minimum atomic E-state index is -1.26. The molecular formula is C15H12I2N2O4. The first-order valence-corrected chi connectivity index (χ1v) is 8.64. The van der Waals surface area contributed by atoms with Crippen LogP contribution in [0.5, 0.6) is 0 Å². The topological polar surface area (TPSA) is 88.4 Å². The summed E-state index contributed by atoms with van der Waals surface area (Å²) in [6.07, 6.45) is 1.27. The van der Waals surface area contributed by atoms with Gasteiger partial charge in [-0.15, -0.1) is 0 Å². The molecule has 0 saturated carbocycles. The number of nitrogens with one attached hydrogen (secondary N) is 1. The first-order chi connectivity index (χ1) is 10.7. The van der Waals surface area contributed by atoms with E-state index in [4.69, 9.17) is 14.7 Å². The number of carbonyl (C=O) groups excluding carboxylic acids is 2. The van der Waals surface area contributed by atoms with Crippen LogP contribution >= 0.6 is 45.2 Å². The van der Waals surface area contributed by atoms with Gasteiger partial charge >= 0.3 is 11.9 Å². The normalized spacial score (nSPS) is 16.3. The fraction of sp³-hybridized carbons (Fsp3) is 0.267. The third-order valence-corrected chi connectivity index (χ3v) is 5.26. The quantitative estimate of drug-likeness (QED) is 0.270. The molecule has 8 heteroatoms. The SMILES string of the molecule is Cc1c(C#N)cc(I)c(NC=C2C(=O)OC(C)(C)OC2=O)c1I. The van der Waals surface area contributed by atoms with Crippen LogP contribution in [0, 0.1) is 25.4 Å². The Balaban J connectivity index is 2.35. The maximum atomic E-state index is 11.9. The average molecular weight is 538 g/mol. The van der Waals surface area contributed by atoms with Gasteiger partial charge in [-0.2, -0.15) is 5.26 Å². The van der Waals surface area contributed by atoms with Crippen LogP contribution in [0.25, 0.3) is 0 Å². The van der Waals surface area contributed by atoms with E-state index in [9.17, 15) is 9.59 Å². The summed E-state index contributed by atoms with van der Waals surface area (Å²) < 4.78 is 11.7. The Labute approximate surface area is 160 Å².